The van der Waals surface area contributed by atoms with Crippen LogP contribution in [0.25, 0.3) is 6.08 Å². The maximum absolute atomic E-state index is 11.8. The number of nitrogens with one attached hydrogen (secondary N) is 2. The fourth-order valence-corrected chi connectivity index (χ4v) is 2.22. The molecule has 0 unspecified atom stereocenters. The van der Waals surface area contributed by atoms with Crippen molar-refractivity contribution in [3.8, 4) is 11.8 Å². The molecule has 0 aromatic heterocycles. The van der Waals surface area contributed by atoms with Crippen molar-refractivity contribution in [3.05, 3.63) is 70.8 Å². The lowest BCUT2D eigenvalue weighted by Crippen LogP contribution is -2.43. The van der Waals surface area contributed by atoms with Crippen molar-refractivity contribution in [2.24, 2.45) is 0 Å². The van der Waals surface area contributed by atoms with Crippen LogP contribution in [0.1, 0.15) is 22.3 Å². The van der Waals surface area contributed by atoms with Crippen LogP contribution in [0, 0.1) is 25.2 Å². The van der Waals surface area contributed by atoms with Gasteiger partial charge in [-0.3, -0.25) is 20.4 Å². The van der Waals surface area contributed by atoms with Crippen LogP contribution < -0.4 is 15.6 Å². The maximum Gasteiger partial charge on any atom is 0.276 e. The van der Waals surface area contributed by atoms with Crippen molar-refractivity contribution >= 4 is 17.9 Å². The Labute approximate surface area is 152 Å². The Morgan fingerprint density at radius 2 is 1.92 bits per heavy atom. The minimum atomic E-state index is -0.536. The highest BCUT2D eigenvalue weighted by molar-refractivity contribution is 5.93. The largest absolute Gasteiger partial charge is 0.482 e. The van der Waals surface area contributed by atoms with Gasteiger partial charge in [-0.05, 0) is 43.2 Å². The third kappa shape index (κ3) is 5.49. The lowest BCUT2D eigenvalue weighted by Gasteiger charge is -2.08. The van der Waals surface area contributed by atoms with Crippen molar-refractivity contribution in [1.29, 1.82) is 5.26 Å². The van der Waals surface area contributed by atoms with E-state index in [-0.39, 0.29) is 6.61 Å². The molecule has 2 N–H and O–H groups in total. The highest BCUT2D eigenvalue weighted by Gasteiger charge is 2.06. The average Bonchev–Trinajstić information content (AvgIpc) is 2.64. The summed E-state index contributed by atoms with van der Waals surface area (Å²) in [6, 6.07) is 14.5. The molecular formula is C20H19N3O3. The van der Waals surface area contributed by atoms with Gasteiger partial charge < -0.3 is 4.74 Å². The minimum absolute atomic E-state index is 0.311. The van der Waals surface area contributed by atoms with E-state index in [1.807, 2.05) is 38.1 Å². The van der Waals surface area contributed by atoms with Gasteiger partial charge in [0.05, 0.1) is 5.56 Å². The van der Waals surface area contributed by atoms with Gasteiger partial charge in [-0.25, -0.2) is 0 Å². The van der Waals surface area contributed by atoms with Gasteiger partial charge in [0, 0.05) is 6.08 Å². The van der Waals surface area contributed by atoms with Crippen LogP contribution in [-0.4, -0.2) is 18.4 Å². The van der Waals surface area contributed by atoms with Crippen LogP contribution in [0.15, 0.2) is 48.5 Å². The Morgan fingerprint density at radius 1 is 1.15 bits per heavy atom. The number of para-hydroxylation sites is 1. The molecule has 26 heavy (non-hydrogen) atoms. The average molecular weight is 349 g/mol. The van der Waals surface area contributed by atoms with Crippen LogP contribution >= 0.6 is 0 Å². The smallest absolute Gasteiger partial charge is 0.276 e. The normalized spacial score (nSPS) is 10.2. The number of carbonyl (C=O) groups excluding carboxylic acids is 2. The predicted octanol–water partition coefficient (Wildman–Crippen LogP) is 2.41. The summed E-state index contributed by atoms with van der Waals surface area (Å²) >= 11 is 0. The Hall–Kier alpha value is -3.59. The molecule has 0 atom stereocenters. The molecule has 0 aliphatic rings. The summed E-state index contributed by atoms with van der Waals surface area (Å²) in [5, 5.41) is 8.95. The highest BCUT2D eigenvalue weighted by Crippen LogP contribution is 2.16. The van der Waals surface area contributed by atoms with Gasteiger partial charge in [0.25, 0.3) is 11.8 Å². The topological polar surface area (TPSA) is 91.2 Å². The van der Waals surface area contributed by atoms with Gasteiger partial charge in [-0.2, -0.15) is 5.26 Å². The summed E-state index contributed by atoms with van der Waals surface area (Å²) in [4.78, 5) is 23.5. The van der Waals surface area contributed by atoms with E-state index in [1.165, 1.54) is 6.08 Å². The molecule has 0 saturated carbocycles. The Bertz CT molecular complexity index is 882. The Balaban J connectivity index is 1.80. The van der Waals surface area contributed by atoms with Crippen molar-refractivity contribution in [2.75, 3.05) is 6.61 Å². The Morgan fingerprint density at radius 3 is 2.65 bits per heavy atom. The number of hydrogen-bond acceptors (Lipinski definition) is 4. The molecule has 2 amide bonds. The van der Waals surface area contributed by atoms with Crippen molar-refractivity contribution < 1.29 is 14.3 Å². The standard InChI is InChI=1S/C20H19N3O3/c1-14-7-8-16(15(2)11-14)9-10-19(24)22-23-20(25)13-26-18-6-4-3-5-17(18)12-21/h3-11H,13H2,1-2H3,(H,22,24)(H,23,25)/b10-9+. The van der Waals surface area contributed by atoms with Crippen LogP contribution in [0.5, 0.6) is 5.75 Å². The monoisotopic (exact) mass is 349 g/mol. The highest BCUT2D eigenvalue weighted by atomic mass is 16.5. The molecule has 0 heterocycles. The van der Waals surface area contributed by atoms with E-state index < -0.39 is 11.8 Å². The minimum Gasteiger partial charge on any atom is -0.482 e. The molecule has 0 saturated heterocycles. The van der Waals surface area contributed by atoms with Crippen molar-refractivity contribution in [2.45, 2.75) is 13.8 Å². The first kappa shape index (κ1) is 18.7. The molecule has 0 radical (unpaired) electrons. The molecule has 2 rings (SSSR count). The van der Waals surface area contributed by atoms with E-state index in [0.29, 0.717) is 11.3 Å². The molecule has 0 spiro atoms. The third-order valence-electron chi connectivity index (χ3n) is 3.53. The zero-order chi connectivity index (χ0) is 18.9. The summed E-state index contributed by atoms with van der Waals surface area (Å²) in [5.74, 6) is -0.687. The second-order valence-corrected chi connectivity index (χ2v) is 5.63. The van der Waals surface area contributed by atoms with Crippen LogP contribution in [0.3, 0.4) is 0 Å². The molecule has 2 aromatic carbocycles. The van der Waals surface area contributed by atoms with Gasteiger partial charge in [0.15, 0.2) is 6.61 Å². The third-order valence-corrected chi connectivity index (χ3v) is 3.53. The van der Waals surface area contributed by atoms with E-state index >= 15 is 0 Å². The molecule has 0 bridgehead atoms. The van der Waals surface area contributed by atoms with Gasteiger partial charge in [0.2, 0.25) is 0 Å². The van der Waals surface area contributed by atoms with Gasteiger partial charge >= 0.3 is 0 Å². The molecule has 2 aromatic rings. The van der Waals surface area contributed by atoms with E-state index in [1.54, 1.807) is 30.3 Å². The SMILES string of the molecule is Cc1ccc(/C=C/C(=O)NNC(=O)COc2ccccc2C#N)c(C)c1. The number of rotatable bonds is 5. The summed E-state index contributed by atoms with van der Waals surface area (Å²) in [5.41, 5.74) is 7.99. The van der Waals surface area contributed by atoms with Gasteiger partial charge in [0.1, 0.15) is 11.8 Å². The van der Waals surface area contributed by atoms with Crippen LogP contribution in [0.2, 0.25) is 0 Å². The lowest BCUT2D eigenvalue weighted by molar-refractivity contribution is -0.128. The summed E-state index contributed by atoms with van der Waals surface area (Å²) in [6.07, 6.45) is 3.01. The second kappa shape index (κ2) is 9.04. The lowest BCUT2D eigenvalue weighted by atomic mass is 10.1. The first-order chi connectivity index (χ1) is 12.5. The van der Waals surface area contributed by atoms with E-state index in [4.69, 9.17) is 10.00 Å². The quantitative estimate of drug-likeness (QED) is 0.641. The fourth-order valence-electron chi connectivity index (χ4n) is 2.22. The number of hydrogen-bond donors (Lipinski definition) is 2. The molecular weight excluding hydrogens is 330 g/mol. The number of benzene rings is 2. The van der Waals surface area contributed by atoms with Gasteiger partial charge in [-0.1, -0.05) is 35.9 Å². The number of carbonyl (C=O) groups is 2. The maximum atomic E-state index is 11.8. The van der Waals surface area contributed by atoms with E-state index in [2.05, 4.69) is 10.9 Å². The molecule has 6 heteroatoms. The second-order valence-electron chi connectivity index (χ2n) is 5.63. The summed E-state index contributed by atoms with van der Waals surface area (Å²) in [6.45, 7) is 3.64. The molecule has 0 aliphatic heterocycles. The fraction of sp³-hybridized carbons (Fsp3) is 0.150. The Kier molecular flexibility index (Phi) is 6.52. The molecule has 6 nitrogen and oxygen atoms in total. The number of hydrazine groups is 1. The molecule has 0 fully saturated rings. The first-order valence-corrected chi connectivity index (χ1v) is 7.95. The molecule has 132 valence electrons. The van der Waals surface area contributed by atoms with Crippen LogP contribution in [-0.2, 0) is 9.59 Å². The molecule has 0 aliphatic carbocycles. The number of amides is 2. The van der Waals surface area contributed by atoms with Crippen molar-refractivity contribution in [1.82, 2.24) is 10.9 Å². The summed E-state index contributed by atoms with van der Waals surface area (Å²) < 4.78 is 5.27. The number of aryl methyl sites for hydroxylation is 2. The number of nitriles is 1. The predicted molar refractivity (Wildman–Crippen MR) is 97.9 cm³/mol. The first-order valence-electron chi connectivity index (χ1n) is 7.95. The van der Waals surface area contributed by atoms with E-state index in [9.17, 15) is 9.59 Å². The van der Waals surface area contributed by atoms with Gasteiger partial charge in [-0.15, -0.1) is 0 Å². The van der Waals surface area contributed by atoms with E-state index in [0.717, 1.165) is 16.7 Å². The zero-order valence-corrected chi connectivity index (χ0v) is 14.6. The number of nitrogens with zero attached hydrogens (tertiary/aromatic N) is 1. The number of ether oxygens (including phenoxy) is 1. The zero-order valence-electron chi connectivity index (χ0n) is 14.6. The summed E-state index contributed by atoms with van der Waals surface area (Å²) in [7, 11) is 0. The van der Waals surface area contributed by atoms with Crippen molar-refractivity contribution in [3.63, 3.8) is 0 Å². The van der Waals surface area contributed by atoms with Crippen LogP contribution in [0.4, 0.5) is 0 Å².